The Bertz CT molecular complexity index is 1030. The van der Waals surface area contributed by atoms with Crippen LogP contribution >= 0.6 is 0 Å². The molecule has 0 unspecified atom stereocenters. The molecule has 0 aromatic heterocycles. The van der Waals surface area contributed by atoms with Gasteiger partial charge < -0.3 is 25.0 Å². The number of ether oxygens (including phenoxy) is 2. The van der Waals surface area contributed by atoms with Crippen molar-refractivity contribution in [2.24, 2.45) is 5.92 Å². The number of carboxylic acid groups (broad SMARTS) is 1. The summed E-state index contributed by atoms with van der Waals surface area (Å²) in [5.74, 6) is -2.10. The number of hydrogen-bond acceptors (Lipinski definition) is 5. The fourth-order valence-corrected chi connectivity index (χ4v) is 4.61. The van der Waals surface area contributed by atoms with Crippen LogP contribution in [0.5, 0.6) is 11.5 Å². The van der Waals surface area contributed by atoms with Crippen molar-refractivity contribution in [2.75, 3.05) is 20.3 Å². The molecule has 35 heavy (non-hydrogen) atoms. The first-order chi connectivity index (χ1) is 16.8. The standard InChI is InChI=1S/C27H34FNO6/c1-3-18-7-11-27(12-8-18,26(32)33)29-25(31)21-16-22(28)24(34-2)23(17-21)35-14-10-20-6-4-5-19(15-20)9-13-30/h4-6,15-18,30H,3,7-14H2,1-2H3,(H,29,31)(H,32,33)/t18-,27+. The van der Waals surface area contributed by atoms with E-state index in [1.165, 1.54) is 13.2 Å². The van der Waals surface area contributed by atoms with Gasteiger partial charge in [0, 0.05) is 18.6 Å². The van der Waals surface area contributed by atoms with E-state index in [0.29, 0.717) is 44.4 Å². The van der Waals surface area contributed by atoms with Gasteiger partial charge in [-0.05, 0) is 61.3 Å². The largest absolute Gasteiger partial charge is 0.490 e. The van der Waals surface area contributed by atoms with Crippen LogP contribution in [-0.4, -0.2) is 48.0 Å². The highest BCUT2D eigenvalue weighted by Crippen LogP contribution is 2.35. The molecule has 190 valence electrons. The van der Waals surface area contributed by atoms with Crippen molar-refractivity contribution in [3.63, 3.8) is 0 Å². The molecule has 1 fully saturated rings. The zero-order valence-corrected chi connectivity index (χ0v) is 20.3. The Balaban J connectivity index is 1.74. The Kier molecular flexibility index (Phi) is 9.09. The van der Waals surface area contributed by atoms with Crippen molar-refractivity contribution in [2.45, 2.75) is 57.4 Å². The second kappa shape index (κ2) is 12.0. The summed E-state index contributed by atoms with van der Waals surface area (Å²) in [7, 11) is 1.31. The van der Waals surface area contributed by atoms with E-state index in [9.17, 15) is 19.1 Å². The molecule has 1 aliphatic carbocycles. The topological polar surface area (TPSA) is 105 Å². The van der Waals surface area contributed by atoms with Crippen LogP contribution in [0.15, 0.2) is 36.4 Å². The highest BCUT2D eigenvalue weighted by atomic mass is 19.1. The normalized spacial score (nSPS) is 19.7. The zero-order chi connectivity index (χ0) is 25.4. The van der Waals surface area contributed by atoms with E-state index < -0.39 is 23.2 Å². The van der Waals surface area contributed by atoms with Crippen LogP contribution in [0, 0.1) is 11.7 Å². The minimum absolute atomic E-state index is 0.0264. The summed E-state index contributed by atoms with van der Waals surface area (Å²) >= 11 is 0. The lowest BCUT2D eigenvalue weighted by molar-refractivity contribution is -0.146. The van der Waals surface area contributed by atoms with E-state index in [1.807, 2.05) is 24.3 Å². The van der Waals surface area contributed by atoms with E-state index in [1.54, 1.807) is 0 Å². The molecule has 1 saturated carbocycles. The Hall–Kier alpha value is -3.13. The number of carboxylic acids is 1. The van der Waals surface area contributed by atoms with Crippen LogP contribution in [0.1, 0.15) is 60.5 Å². The molecular formula is C27H34FNO6. The Morgan fingerprint density at radius 3 is 2.43 bits per heavy atom. The first-order valence-electron chi connectivity index (χ1n) is 12.1. The zero-order valence-electron chi connectivity index (χ0n) is 20.3. The average Bonchev–Trinajstić information content (AvgIpc) is 2.84. The summed E-state index contributed by atoms with van der Waals surface area (Å²) in [6.07, 6.45) is 4.17. The Labute approximate surface area is 205 Å². The smallest absolute Gasteiger partial charge is 0.329 e. The van der Waals surface area contributed by atoms with Gasteiger partial charge in [0.1, 0.15) is 5.54 Å². The molecule has 2 aromatic carbocycles. The number of carbonyl (C=O) groups is 2. The van der Waals surface area contributed by atoms with E-state index in [2.05, 4.69) is 12.2 Å². The van der Waals surface area contributed by atoms with E-state index in [-0.39, 0.29) is 30.3 Å². The predicted octanol–water partition coefficient (Wildman–Crippen LogP) is 4.14. The molecule has 3 N–H and O–H groups in total. The van der Waals surface area contributed by atoms with Crippen LogP contribution in [-0.2, 0) is 17.6 Å². The lowest BCUT2D eigenvalue weighted by atomic mass is 9.75. The van der Waals surface area contributed by atoms with Crippen LogP contribution < -0.4 is 14.8 Å². The molecule has 7 nitrogen and oxygen atoms in total. The summed E-state index contributed by atoms with van der Waals surface area (Å²) in [5, 5.41) is 21.7. The number of halogens is 1. The molecular weight excluding hydrogens is 453 g/mol. The number of methoxy groups -OCH3 is 1. The summed E-state index contributed by atoms with van der Waals surface area (Å²) < 4.78 is 25.7. The first kappa shape index (κ1) is 26.5. The van der Waals surface area contributed by atoms with Crippen LogP contribution in [0.4, 0.5) is 4.39 Å². The number of amides is 1. The number of carbonyl (C=O) groups excluding carboxylic acids is 1. The van der Waals surface area contributed by atoms with Gasteiger partial charge in [-0.25, -0.2) is 9.18 Å². The van der Waals surface area contributed by atoms with E-state index in [0.717, 1.165) is 23.6 Å². The molecule has 1 amide bonds. The van der Waals surface area contributed by atoms with Gasteiger partial charge in [0.05, 0.1) is 13.7 Å². The molecule has 8 heteroatoms. The number of nitrogens with one attached hydrogen (secondary N) is 1. The van der Waals surface area contributed by atoms with E-state index in [4.69, 9.17) is 14.6 Å². The van der Waals surface area contributed by atoms with Crippen LogP contribution in [0.3, 0.4) is 0 Å². The van der Waals surface area contributed by atoms with Crippen molar-refractivity contribution in [3.8, 4) is 11.5 Å². The molecule has 0 spiro atoms. The Morgan fingerprint density at radius 1 is 1.14 bits per heavy atom. The third kappa shape index (κ3) is 6.51. The lowest BCUT2D eigenvalue weighted by Gasteiger charge is -2.37. The van der Waals surface area contributed by atoms with Gasteiger partial charge in [0.25, 0.3) is 5.91 Å². The maximum atomic E-state index is 14.8. The van der Waals surface area contributed by atoms with Crippen molar-refractivity contribution >= 4 is 11.9 Å². The lowest BCUT2D eigenvalue weighted by Crippen LogP contribution is -2.56. The Morgan fingerprint density at radius 2 is 1.83 bits per heavy atom. The molecule has 0 atom stereocenters. The van der Waals surface area contributed by atoms with Crippen LogP contribution in [0.25, 0.3) is 0 Å². The first-order valence-corrected chi connectivity index (χ1v) is 12.1. The summed E-state index contributed by atoms with van der Waals surface area (Å²) in [4.78, 5) is 25.1. The summed E-state index contributed by atoms with van der Waals surface area (Å²) in [6, 6.07) is 10.2. The molecule has 3 rings (SSSR count). The predicted molar refractivity (Wildman–Crippen MR) is 129 cm³/mol. The summed E-state index contributed by atoms with van der Waals surface area (Å²) in [5.41, 5.74) is 0.615. The average molecular weight is 488 g/mol. The van der Waals surface area contributed by atoms with Crippen molar-refractivity contribution in [1.29, 1.82) is 0 Å². The molecule has 0 saturated heterocycles. The maximum absolute atomic E-state index is 14.8. The number of aliphatic hydroxyl groups excluding tert-OH is 1. The minimum atomic E-state index is -1.36. The molecule has 0 radical (unpaired) electrons. The highest BCUT2D eigenvalue weighted by molar-refractivity contribution is 5.98. The highest BCUT2D eigenvalue weighted by Gasteiger charge is 2.43. The fourth-order valence-electron chi connectivity index (χ4n) is 4.61. The number of aliphatic hydroxyl groups is 1. The van der Waals surface area contributed by atoms with Gasteiger partial charge in [0.2, 0.25) is 0 Å². The minimum Gasteiger partial charge on any atom is -0.490 e. The monoisotopic (exact) mass is 487 g/mol. The van der Waals surface area contributed by atoms with Gasteiger partial charge in [-0.15, -0.1) is 0 Å². The second-order valence-corrected chi connectivity index (χ2v) is 9.07. The molecule has 0 bridgehead atoms. The molecule has 2 aromatic rings. The number of benzene rings is 2. The quantitative estimate of drug-likeness (QED) is 0.440. The third-order valence-electron chi connectivity index (χ3n) is 6.81. The van der Waals surface area contributed by atoms with Gasteiger partial charge in [-0.2, -0.15) is 0 Å². The van der Waals surface area contributed by atoms with Crippen LogP contribution in [0.2, 0.25) is 0 Å². The molecule has 1 aliphatic rings. The fraction of sp³-hybridized carbons (Fsp3) is 0.481. The maximum Gasteiger partial charge on any atom is 0.329 e. The molecule has 0 aliphatic heterocycles. The van der Waals surface area contributed by atoms with Gasteiger partial charge in [-0.3, -0.25) is 4.79 Å². The SMILES string of the molecule is CC[C@H]1CC[C@](NC(=O)c2cc(F)c(OC)c(OCCc3cccc(CCO)c3)c2)(C(=O)O)CC1. The number of aliphatic carboxylic acids is 1. The summed E-state index contributed by atoms with van der Waals surface area (Å²) in [6.45, 7) is 2.35. The van der Waals surface area contributed by atoms with Crippen molar-refractivity contribution in [1.82, 2.24) is 5.32 Å². The van der Waals surface area contributed by atoms with Gasteiger partial charge in [-0.1, -0.05) is 37.6 Å². The molecule has 0 heterocycles. The van der Waals surface area contributed by atoms with Gasteiger partial charge >= 0.3 is 5.97 Å². The van der Waals surface area contributed by atoms with E-state index >= 15 is 0 Å². The number of rotatable bonds is 11. The third-order valence-corrected chi connectivity index (χ3v) is 6.81. The second-order valence-electron chi connectivity index (χ2n) is 9.07. The number of hydrogen-bond donors (Lipinski definition) is 3. The van der Waals surface area contributed by atoms with Crippen molar-refractivity contribution in [3.05, 3.63) is 58.9 Å². The van der Waals surface area contributed by atoms with Gasteiger partial charge in [0.15, 0.2) is 17.3 Å². The van der Waals surface area contributed by atoms with Crippen molar-refractivity contribution < 1.29 is 33.7 Å².